The first-order valence-electron chi connectivity index (χ1n) is 10.9. The predicted molar refractivity (Wildman–Crippen MR) is 117 cm³/mol. The zero-order valence-electron chi connectivity index (χ0n) is 19.4. The predicted octanol–water partition coefficient (Wildman–Crippen LogP) is 1.73. The average Bonchev–Trinajstić information content (AvgIpc) is 2.66. The van der Waals surface area contributed by atoms with Gasteiger partial charge in [-0.1, -0.05) is 77.6 Å². The quantitative estimate of drug-likeness (QED) is 0.111. The molecule has 0 bridgehead atoms. The molecule has 0 aromatic rings. The van der Waals surface area contributed by atoms with Crippen LogP contribution in [0.5, 0.6) is 0 Å². The van der Waals surface area contributed by atoms with Gasteiger partial charge in [-0.2, -0.15) is 14.8 Å². The van der Waals surface area contributed by atoms with E-state index in [2.05, 4.69) is 13.8 Å². The molecule has 0 radical (unpaired) electrons. The van der Waals surface area contributed by atoms with Crippen molar-refractivity contribution in [3.63, 3.8) is 0 Å². The summed E-state index contributed by atoms with van der Waals surface area (Å²) in [7, 11) is -4.84. The molecule has 0 saturated heterocycles. The molecule has 0 aromatic heterocycles. The Balaban J connectivity index is -0.000000528. The van der Waals surface area contributed by atoms with E-state index in [0.717, 1.165) is 19.6 Å². The summed E-state index contributed by atoms with van der Waals surface area (Å²) in [6.07, 6.45) is 16.6. The van der Waals surface area contributed by atoms with Crippen LogP contribution >= 0.6 is 0 Å². The van der Waals surface area contributed by atoms with Gasteiger partial charge in [0.15, 0.2) is 5.25 Å². The standard InChI is InChI=1S/C17H35O.C4H6O7S.Na/c1-3-5-6-7-8-9-10-11-12-13-14-15-17-18-16-4-2;5-3(6)1-2(4(7)8)12(9,10)11;/h2-17H2,1H3;2H,1H2,(H,5,6)(H,7,8)(H,9,10,11);/q-1;;+1. The second-order valence-electron chi connectivity index (χ2n) is 7.29. The van der Waals surface area contributed by atoms with Gasteiger partial charge in [-0.15, -0.1) is 0 Å². The van der Waals surface area contributed by atoms with Crippen molar-refractivity contribution in [2.24, 2.45) is 0 Å². The van der Waals surface area contributed by atoms with Crippen LogP contribution in [0.3, 0.4) is 0 Å². The summed E-state index contributed by atoms with van der Waals surface area (Å²) in [6.45, 7) is 7.81. The van der Waals surface area contributed by atoms with Gasteiger partial charge >= 0.3 is 41.5 Å². The van der Waals surface area contributed by atoms with Crippen LogP contribution in [0.1, 0.15) is 96.8 Å². The average molecular weight is 477 g/mol. The Bertz CT molecular complexity index is 509. The first-order chi connectivity index (χ1) is 14.2. The number of rotatable bonds is 19. The normalized spacial score (nSPS) is 11.7. The molecule has 0 aliphatic rings. The van der Waals surface area contributed by atoms with Gasteiger partial charge < -0.3 is 21.9 Å². The summed E-state index contributed by atoms with van der Waals surface area (Å²) < 4.78 is 34.1. The summed E-state index contributed by atoms with van der Waals surface area (Å²) in [5.74, 6) is -3.50. The molecule has 0 aliphatic carbocycles. The van der Waals surface area contributed by atoms with E-state index in [0.29, 0.717) is 0 Å². The van der Waals surface area contributed by atoms with Gasteiger partial charge in [0.05, 0.1) is 6.42 Å². The number of carboxylic acid groups (broad SMARTS) is 2. The van der Waals surface area contributed by atoms with E-state index in [9.17, 15) is 18.0 Å². The van der Waals surface area contributed by atoms with Crippen molar-refractivity contribution in [2.75, 3.05) is 13.2 Å². The molecule has 0 rings (SSSR count). The van der Waals surface area contributed by atoms with Crippen molar-refractivity contribution >= 4 is 22.1 Å². The van der Waals surface area contributed by atoms with Gasteiger partial charge in [-0.05, 0) is 6.42 Å². The Kier molecular flexibility index (Phi) is 27.9. The van der Waals surface area contributed by atoms with Gasteiger partial charge in [-0.3, -0.25) is 14.1 Å². The molecule has 0 aliphatic heterocycles. The summed E-state index contributed by atoms with van der Waals surface area (Å²) >= 11 is 0. The van der Waals surface area contributed by atoms with Crippen molar-refractivity contribution in [3.05, 3.63) is 6.92 Å². The van der Waals surface area contributed by atoms with Gasteiger partial charge in [0.1, 0.15) is 0 Å². The maximum absolute atomic E-state index is 10.2. The minimum atomic E-state index is -4.84. The Morgan fingerprint density at radius 1 is 0.839 bits per heavy atom. The number of carbonyl (C=O) groups is 2. The number of hydrogen-bond donors (Lipinski definition) is 3. The van der Waals surface area contributed by atoms with E-state index >= 15 is 0 Å². The maximum atomic E-state index is 10.2. The molecule has 0 fully saturated rings. The fourth-order valence-electron chi connectivity index (χ4n) is 2.73. The first-order valence-corrected chi connectivity index (χ1v) is 12.4. The Morgan fingerprint density at radius 2 is 1.26 bits per heavy atom. The number of unbranched alkanes of at least 4 members (excludes halogenated alkanes) is 11. The van der Waals surface area contributed by atoms with Crippen LogP contribution in [-0.4, -0.2) is 53.6 Å². The third-order valence-corrected chi connectivity index (χ3v) is 5.51. The number of ether oxygens (including phenoxy) is 1. The smallest absolute Gasteiger partial charge is 0.481 e. The largest absolute Gasteiger partial charge is 1.00 e. The molecule has 0 saturated carbocycles. The summed E-state index contributed by atoms with van der Waals surface area (Å²) in [4.78, 5) is 20.0. The molecule has 3 N–H and O–H groups in total. The molecule has 180 valence electrons. The van der Waals surface area contributed by atoms with Crippen LogP contribution in [-0.2, 0) is 24.4 Å². The molecule has 0 heterocycles. The number of carboxylic acids is 2. The van der Waals surface area contributed by atoms with Crippen molar-refractivity contribution in [1.82, 2.24) is 0 Å². The molecule has 0 spiro atoms. The van der Waals surface area contributed by atoms with Gasteiger partial charge in [0.25, 0.3) is 10.1 Å². The molecule has 1 unspecified atom stereocenters. The van der Waals surface area contributed by atoms with Crippen LogP contribution in [0, 0.1) is 6.92 Å². The first kappa shape index (κ1) is 35.4. The van der Waals surface area contributed by atoms with Crippen LogP contribution in [0.25, 0.3) is 0 Å². The van der Waals surface area contributed by atoms with Crippen molar-refractivity contribution in [3.8, 4) is 0 Å². The summed E-state index contributed by atoms with van der Waals surface area (Å²) in [6, 6.07) is 0. The van der Waals surface area contributed by atoms with Gasteiger partial charge in [0.2, 0.25) is 0 Å². The Morgan fingerprint density at radius 3 is 1.55 bits per heavy atom. The number of hydrogen-bond acceptors (Lipinski definition) is 5. The van der Waals surface area contributed by atoms with Crippen LogP contribution in [0.15, 0.2) is 0 Å². The fraction of sp³-hybridized carbons (Fsp3) is 0.857. The monoisotopic (exact) mass is 476 g/mol. The van der Waals surface area contributed by atoms with Crippen molar-refractivity contribution < 1.29 is 67.1 Å². The van der Waals surface area contributed by atoms with Crippen molar-refractivity contribution in [2.45, 2.75) is 102 Å². The summed E-state index contributed by atoms with van der Waals surface area (Å²) in [5, 5.41) is 13.9. The van der Waals surface area contributed by atoms with Crippen LogP contribution in [0.4, 0.5) is 0 Å². The van der Waals surface area contributed by atoms with E-state index in [-0.39, 0.29) is 29.6 Å². The van der Waals surface area contributed by atoms with E-state index in [4.69, 9.17) is 19.5 Å². The molecule has 0 aromatic carbocycles. The van der Waals surface area contributed by atoms with Gasteiger partial charge in [0, 0.05) is 13.2 Å². The maximum Gasteiger partial charge on any atom is 1.00 e. The third kappa shape index (κ3) is 27.8. The SMILES string of the molecule is O=C(O)CC(C(=O)O)S(=O)(=O)O.[CH2-]CCOCCCCCCCCCCCCCC.[Na+]. The van der Waals surface area contributed by atoms with Crippen LogP contribution < -0.4 is 29.6 Å². The Labute approximate surface area is 210 Å². The topological polar surface area (TPSA) is 138 Å². The molecule has 8 nitrogen and oxygen atoms in total. The minimum absolute atomic E-state index is 0. The fourth-order valence-corrected chi connectivity index (χ4v) is 3.34. The number of aliphatic carboxylic acids is 2. The van der Waals surface area contributed by atoms with Gasteiger partial charge in [-0.25, -0.2) is 0 Å². The third-order valence-electron chi connectivity index (χ3n) is 4.43. The molecule has 10 heteroatoms. The zero-order valence-corrected chi connectivity index (χ0v) is 22.2. The van der Waals surface area contributed by atoms with Crippen molar-refractivity contribution in [1.29, 1.82) is 0 Å². The minimum Gasteiger partial charge on any atom is -0.481 e. The molecule has 1 atom stereocenters. The zero-order chi connectivity index (χ0) is 23.3. The second kappa shape index (κ2) is 24.5. The van der Waals surface area contributed by atoms with E-state index in [1.807, 2.05) is 0 Å². The van der Waals surface area contributed by atoms with E-state index in [1.54, 1.807) is 0 Å². The molecule has 31 heavy (non-hydrogen) atoms. The summed E-state index contributed by atoms with van der Waals surface area (Å²) in [5.41, 5.74) is 0. The van der Waals surface area contributed by atoms with Crippen LogP contribution in [0.2, 0.25) is 0 Å². The molecule has 0 amide bonds. The molecular weight excluding hydrogens is 435 g/mol. The molecular formula is C21H41NaO8S. The Hall–Kier alpha value is -0.190. The van der Waals surface area contributed by atoms with E-state index < -0.39 is 33.7 Å². The van der Waals surface area contributed by atoms with E-state index in [1.165, 1.54) is 77.0 Å². The second-order valence-corrected chi connectivity index (χ2v) is 8.89.